The van der Waals surface area contributed by atoms with Gasteiger partial charge in [0.2, 0.25) is 0 Å². The Morgan fingerprint density at radius 2 is 2.32 bits per heavy atom. The summed E-state index contributed by atoms with van der Waals surface area (Å²) in [7, 11) is 0. The molecule has 2 aromatic rings. The lowest BCUT2D eigenvalue weighted by atomic mass is 10.1. The molecule has 0 radical (unpaired) electrons. The molecule has 5 N–H and O–H groups in total. The number of aryl methyl sites for hydroxylation is 1. The molecule has 100 valence electrons. The number of nitrogens with zero attached hydrogens (tertiary/aromatic N) is 2. The van der Waals surface area contributed by atoms with Crippen LogP contribution in [0.2, 0.25) is 0 Å². The smallest absolute Gasteiger partial charge is 0.337 e. The van der Waals surface area contributed by atoms with E-state index in [-0.39, 0.29) is 5.56 Å². The van der Waals surface area contributed by atoms with E-state index in [1.807, 2.05) is 6.07 Å². The first-order valence-electron chi connectivity index (χ1n) is 5.79. The molecule has 1 heterocycles. The minimum Gasteiger partial charge on any atom is -0.478 e. The van der Waals surface area contributed by atoms with Crippen molar-refractivity contribution in [3.63, 3.8) is 0 Å². The number of carboxylic acid groups (broad SMARTS) is 1. The Morgan fingerprint density at radius 3 is 2.95 bits per heavy atom. The lowest BCUT2D eigenvalue weighted by Gasteiger charge is -2.10. The molecular formula is C12H15N5O2. The van der Waals surface area contributed by atoms with Gasteiger partial charge in [-0.15, -0.1) is 0 Å². The summed E-state index contributed by atoms with van der Waals surface area (Å²) < 4.78 is 0. The number of H-pyrrole nitrogens is 1. The fourth-order valence-electron chi connectivity index (χ4n) is 1.75. The number of aromatic amines is 1. The Morgan fingerprint density at radius 1 is 1.53 bits per heavy atom. The number of benzene rings is 1. The molecule has 0 fully saturated rings. The second kappa shape index (κ2) is 5.38. The highest BCUT2D eigenvalue weighted by molar-refractivity contribution is 5.95. The Kier molecular flexibility index (Phi) is 3.65. The van der Waals surface area contributed by atoms with Crippen LogP contribution in [-0.2, 0) is 6.42 Å². The maximum absolute atomic E-state index is 11.1. The van der Waals surface area contributed by atoms with Gasteiger partial charge in [-0.3, -0.25) is 5.10 Å². The molecule has 0 bridgehead atoms. The van der Waals surface area contributed by atoms with Crippen molar-refractivity contribution in [1.82, 2.24) is 15.2 Å². The van der Waals surface area contributed by atoms with Crippen molar-refractivity contribution in [2.24, 2.45) is 0 Å². The summed E-state index contributed by atoms with van der Waals surface area (Å²) in [5, 5.41) is 18.7. The van der Waals surface area contributed by atoms with E-state index in [2.05, 4.69) is 20.5 Å². The summed E-state index contributed by atoms with van der Waals surface area (Å²) in [5.41, 5.74) is 7.60. The molecule has 19 heavy (non-hydrogen) atoms. The van der Waals surface area contributed by atoms with E-state index >= 15 is 0 Å². The summed E-state index contributed by atoms with van der Waals surface area (Å²) in [4.78, 5) is 15.1. The predicted octanol–water partition coefficient (Wildman–Crippen LogP) is 1.05. The number of aromatic carboxylic acids is 1. The highest BCUT2D eigenvalue weighted by Crippen LogP contribution is 2.22. The summed E-state index contributed by atoms with van der Waals surface area (Å²) in [6, 6.07) is 3.35. The van der Waals surface area contributed by atoms with Gasteiger partial charge in [0.05, 0.1) is 5.56 Å². The lowest BCUT2D eigenvalue weighted by Crippen LogP contribution is -2.09. The molecule has 7 heteroatoms. The van der Waals surface area contributed by atoms with E-state index in [1.54, 1.807) is 6.92 Å². The van der Waals surface area contributed by atoms with Crippen molar-refractivity contribution in [3.8, 4) is 0 Å². The first-order chi connectivity index (χ1) is 9.08. The van der Waals surface area contributed by atoms with Gasteiger partial charge in [0, 0.05) is 24.3 Å². The van der Waals surface area contributed by atoms with Gasteiger partial charge in [0.25, 0.3) is 0 Å². The van der Waals surface area contributed by atoms with Crippen molar-refractivity contribution >= 4 is 17.3 Å². The molecule has 1 aromatic carbocycles. The molecule has 0 unspecified atom stereocenters. The third-order valence-corrected chi connectivity index (χ3v) is 2.77. The number of nitrogen functional groups attached to an aromatic ring is 1. The van der Waals surface area contributed by atoms with Crippen LogP contribution in [0.1, 0.15) is 21.7 Å². The van der Waals surface area contributed by atoms with Crippen LogP contribution in [0.5, 0.6) is 0 Å². The Hall–Kier alpha value is -2.57. The number of hydrogen-bond donors (Lipinski definition) is 4. The van der Waals surface area contributed by atoms with E-state index in [9.17, 15) is 4.79 Å². The van der Waals surface area contributed by atoms with Crippen LogP contribution in [0, 0.1) is 6.92 Å². The van der Waals surface area contributed by atoms with Crippen molar-refractivity contribution in [3.05, 3.63) is 35.4 Å². The molecular weight excluding hydrogens is 246 g/mol. The highest BCUT2D eigenvalue weighted by Gasteiger charge is 2.11. The maximum atomic E-state index is 11.1. The molecule has 0 aliphatic carbocycles. The SMILES string of the molecule is Cc1cc(NCCc2ncn[nH]2)cc(C(=O)O)c1N. The standard InChI is InChI=1S/C12H15N5O2/c1-7-4-8(5-9(11(7)13)12(18)19)14-3-2-10-15-6-16-17-10/h4-6,14H,2-3,13H2,1H3,(H,18,19)(H,15,16,17). The van der Waals surface area contributed by atoms with E-state index in [0.717, 1.165) is 17.1 Å². The zero-order chi connectivity index (χ0) is 13.8. The predicted molar refractivity (Wildman–Crippen MR) is 71.1 cm³/mol. The molecule has 2 rings (SSSR count). The molecule has 7 nitrogen and oxygen atoms in total. The fraction of sp³-hybridized carbons (Fsp3) is 0.250. The first kappa shape index (κ1) is 12.9. The van der Waals surface area contributed by atoms with Crippen LogP contribution in [0.3, 0.4) is 0 Å². The Balaban J connectivity index is 2.06. The topological polar surface area (TPSA) is 117 Å². The first-order valence-corrected chi connectivity index (χ1v) is 5.79. The fourth-order valence-corrected chi connectivity index (χ4v) is 1.75. The van der Waals surface area contributed by atoms with Gasteiger partial charge < -0.3 is 16.2 Å². The second-order valence-electron chi connectivity index (χ2n) is 4.17. The van der Waals surface area contributed by atoms with Gasteiger partial charge in [-0.1, -0.05) is 0 Å². The van der Waals surface area contributed by atoms with Gasteiger partial charge in [-0.2, -0.15) is 5.10 Å². The molecule has 0 atom stereocenters. The maximum Gasteiger partial charge on any atom is 0.337 e. The van der Waals surface area contributed by atoms with Crippen molar-refractivity contribution < 1.29 is 9.90 Å². The minimum absolute atomic E-state index is 0.113. The number of aromatic nitrogens is 3. The summed E-state index contributed by atoms with van der Waals surface area (Å²) in [5.74, 6) is -0.252. The summed E-state index contributed by atoms with van der Waals surface area (Å²) in [6.45, 7) is 2.40. The van der Waals surface area contributed by atoms with E-state index in [1.165, 1.54) is 12.4 Å². The van der Waals surface area contributed by atoms with Crippen LogP contribution in [0.15, 0.2) is 18.5 Å². The van der Waals surface area contributed by atoms with E-state index in [0.29, 0.717) is 18.7 Å². The molecule has 0 spiro atoms. The monoisotopic (exact) mass is 261 g/mol. The number of carbonyl (C=O) groups is 1. The molecule has 0 aliphatic heterocycles. The minimum atomic E-state index is -1.03. The van der Waals surface area contributed by atoms with Crippen LogP contribution in [0.25, 0.3) is 0 Å². The van der Waals surface area contributed by atoms with Crippen LogP contribution >= 0.6 is 0 Å². The second-order valence-corrected chi connectivity index (χ2v) is 4.17. The van der Waals surface area contributed by atoms with Gasteiger partial charge in [-0.05, 0) is 24.6 Å². The highest BCUT2D eigenvalue weighted by atomic mass is 16.4. The third kappa shape index (κ3) is 3.01. The zero-order valence-electron chi connectivity index (χ0n) is 10.5. The zero-order valence-corrected chi connectivity index (χ0v) is 10.5. The normalized spacial score (nSPS) is 10.4. The average Bonchev–Trinajstić information content (AvgIpc) is 2.86. The summed E-state index contributed by atoms with van der Waals surface area (Å²) in [6.07, 6.45) is 2.12. The third-order valence-electron chi connectivity index (χ3n) is 2.77. The summed E-state index contributed by atoms with van der Waals surface area (Å²) >= 11 is 0. The van der Waals surface area contributed by atoms with Crippen LogP contribution < -0.4 is 11.1 Å². The lowest BCUT2D eigenvalue weighted by molar-refractivity contribution is 0.0698. The van der Waals surface area contributed by atoms with E-state index < -0.39 is 5.97 Å². The number of rotatable bonds is 5. The van der Waals surface area contributed by atoms with E-state index in [4.69, 9.17) is 10.8 Å². The molecule has 0 amide bonds. The average molecular weight is 261 g/mol. The van der Waals surface area contributed by atoms with Gasteiger partial charge in [0.1, 0.15) is 12.2 Å². The van der Waals surface area contributed by atoms with Gasteiger partial charge in [-0.25, -0.2) is 9.78 Å². The molecule has 0 saturated heterocycles. The van der Waals surface area contributed by atoms with Crippen LogP contribution in [0.4, 0.5) is 11.4 Å². The number of nitrogens with one attached hydrogen (secondary N) is 2. The Bertz CT molecular complexity index is 580. The van der Waals surface area contributed by atoms with Crippen molar-refractivity contribution in [1.29, 1.82) is 0 Å². The van der Waals surface area contributed by atoms with Gasteiger partial charge >= 0.3 is 5.97 Å². The van der Waals surface area contributed by atoms with Crippen LogP contribution in [-0.4, -0.2) is 32.8 Å². The quantitative estimate of drug-likeness (QED) is 0.598. The molecule has 0 saturated carbocycles. The number of carboxylic acids is 1. The number of nitrogens with two attached hydrogens (primary N) is 1. The number of hydrogen-bond acceptors (Lipinski definition) is 5. The molecule has 0 aliphatic rings. The number of anilines is 2. The Labute approximate surface area is 109 Å². The van der Waals surface area contributed by atoms with Crippen molar-refractivity contribution in [2.45, 2.75) is 13.3 Å². The van der Waals surface area contributed by atoms with Crippen molar-refractivity contribution in [2.75, 3.05) is 17.6 Å². The largest absolute Gasteiger partial charge is 0.478 e. The molecule has 1 aromatic heterocycles. The van der Waals surface area contributed by atoms with Gasteiger partial charge in [0.15, 0.2) is 0 Å².